The molecule has 0 amide bonds. The van der Waals surface area contributed by atoms with E-state index in [1.807, 2.05) is 0 Å². The third-order valence-electron chi connectivity index (χ3n) is 3.90. The van der Waals surface area contributed by atoms with Gasteiger partial charge in [-0.1, -0.05) is 30.3 Å². The smallest absolute Gasteiger partial charge is 0.0102 e. The molecule has 18 heavy (non-hydrogen) atoms. The van der Waals surface area contributed by atoms with Crippen LogP contribution in [0.5, 0.6) is 0 Å². The normalized spacial score (nSPS) is 19.7. The molecule has 0 aliphatic carbocycles. The first-order valence-electron chi connectivity index (χ1n) is 7.03. The van der Waals surface area contributed by atoms with E-state index in [1.165, 1.54) is 18.4 Å². The van der Waals surface area contributed by atoms with E-state index in [2.05, 4.69) is 61.7 Å². The molecular formula is C16H26N2. The number of rotatable bonds is 3. The monoisotopic (exact) mass is 246 g/mol. The van der Waals surface area contributed by atoms with Crippen LogP contribution in [-0.2, 0) is 5.41 Å². The summed E-state index contributed by atoms with van der Waals surface area (Å²) in [7, 11) is 0. The molecule has 1 heterocycles. The number of piperidine rings is 1. The van der Waals surface area contributed by atoms with Gasteiger partial charge in [-0.3, -0.25) is 0 Å². The molecule has 2 heteroatoms. The predicted molar refractivity (Wildman–Crippen MR) is 78.0 cm³/mol. The van der Waals surface area contributed by atoms with Crippen molar-refractivity contribution in [2.24, 2.45) is 0 Å². The lowest BCUT2D eigenvalue weighted by molar-refractivity contribution is 0.264. The summed E-state index contributed by atoms with van der Waals surface area (Å²) in [4.78, 5) is 0. The zero-order valence-corrected chi connectivity index (χ0v) is 11.9. The van der Waals surface area contributed by atoms with Gasteiger partial charge < -0.3 is 10.6 Å². The molecule has 1 aromatic rings. The van der Waals surface area contributed by atoms with Crippen LogP contribution in [0.4, 0.5) is 0 Å². The van der Waals surface area contributed by atoms with Crippen LogP contribution in [0.1, 0.15) is 39.2 Å². The Labute approximate surface area is 111 Å². The van der Waals surface area contributed by atoms with Crippen molar-refractivity contribution < 1.29 is 0 Å². The molecule has 0 unspecified atom stereocenters. The number of nitrogens with one attached hydrogen (secondary N) is 2. The first-order valence-corrected chi connectivity index (χ1v) is 7.03. The molecule has 1 aliphatic heterocycles. The van der Waals surface area contributed by atoms with Gasteiger partial charge in [0.1, 0.15) is 0 Å². The van der Waals surface area contributed by atoms with Crippen LogP contribution in [0, 0.1) is 0 Å². The van der Waals surface area contributed by atoms with Crippen LogP contribution >= 0.6 is 0 Å². The van der Waals surface area contributed by atoms with Gasteiger partial charge in [-0.2, -0.15) is 0 Å². The van der Waals surface area contributed by atoms with Crippen LogP contribution in [0.2, 0.25) is 0 Å². The second kappa shape index (κ2) is 5.41. The largest absolute Gasteiger partial charge is 0.317 e. The zero-order chi connectivity index (χ0) is 13.1. The maximum atomic E-state index is 3.70. The fourth-order valence-corrected chi connectivity index (χ4v) is 2.70. The van der Waals surface area contributed by atoms with Crippen molar-refractivity contribution in [1.82, 2.24) is 10.6 Å². The van der Waals surface area contributed by atoms with E-state index in [-0.39, 0.29) is 5.54 Å². The van der Waals surface area contributed by atoms with Gasteiger partial charge in [-0.05, 0) is 52.3 Å². The number of hydrogen-bond acceptors (Lipinski definition) is 2. The average Bonchev–Trinajstić information content (AvgIpc) is 2.38. The minimum Gasteiger partial charge on any atom is -0.317 e. The van der Waals surface area contributed by atoms with Crippen molar-refractivity contribution in [2.45, 2.75) is 44.6 Å². The molecule has 1 aliphatic rings. The molecule has 1 fully saturated rings. The van der Waals surface area contributed by atoms with Crippen LogP contribution in [0.3, 0.4) is 0 Å². The van der Waals surface area contributed by atoms with Crippen molar-refractivity contribution >= 4 is 0 Å². The molecule has 0 aromatic heterocycles. The molecule has 1 aromatic carbocycles. The van der Waals surface area contributed by atoms with E-state index < -0.39 is 0 Å². The van der Waals surface area contributed by atoms with Gasteiger partial charge in [0, 0.05) is 17.5 Å². The van der Waals surface area contributed by atoms with Crippen molar-refractivity contribution in [3.05, 3.63) is 35.9 Å². The molecule has 0 radical (unpaired) electrons. The molecule has 0 bridgehead atoms. The Bertz CT molecular complexity index is 358. The Hall–Kier alpha value is -0.860. The third kappa shape index (κ3) is 3.33. The SMILES string of the molecule is CC(C)(C)NCC1(c2ccccc2)CCNCC1. The number of benzene rings is 1. The second-order valence-corrected chi connectivity index (χ2v) is 6.50. The molecule has 1 saturated heterocycles. The standard InChI is InChI=1S/C16H26N2/c1-15(2,3)18-13-16(9-11-17-12-10-16)14-7-5-4-6-8-14/h4-8,17-18H,9-13H2,1-3H3. The molecular weight excluding hydrogens is 220 g/mol. The van der Waals surface area contributed by atoms with Crippen molar-refractivity contribution in [3.63, 3.8) is 0 Å². The van der Waals surface area contributed by atoms with E-state index >= 15 is 0 Å². The maximum absolute atomic E-state index is 3.70. The van der Waals surface area contributed by atoms with Gasteiger partial charge in [0.25, 0.3) is 0 Å². The Morgan fingerprint density at radius 3 is 2.28 bits per heavy atom. The fraction of sp³-hybridized carbons (Fsp3) is 0.625. The summed E-state index contributed by atoms with van der Waals surface area (Å²) in [5, 5.41) is 7.18. The van der Waals surface area contributed by atoms with Gasteiger partial charge in [0.15, 0.2) is 0 Å². The van der Waals surface area contributed by atoms with E-state index in [4.69, 9.17) is 0 Å². The maximum Gasteiger partial charge on any atom is 0.0102 e. The highest BCUT2D eigenvalue weighted by molar-refractivity contribution is 5.27. The molecule has 0 saturated carbocycles. The highest BCUT2D eigenvalue weighted by atomic mass is 15.0. The quantitative estimate of drug-likeness (QED) is 0.857. The lowest BCUT2D eigenvalue weighted by Gasteiger charge is -2.40. The Morgan fingerprint density at radius 1 is 1.11 bits per heavy atom. The Morgan fingerprint density at radius 2 is 1.72 bits per heavy atom. The summed E-state index contributed by atoms with van der Waals surface area (Å²) in [6.07, 6.45) is 2.44. The van der Waals surface area contributed by atoms with E-state index in [9.17, 15) is 0 Å². The Balaban J connectivity index is 2.18. The van der Waals surface area contributed by atoms with E-state index in [0.717, 1.165) is 19.6 Å². The molecule has 2 N–H and O–H groups in total. The summed E-state index contributed by atoms with van der Waals surface area (Å²) in [5.74, 6) is 0. The van der Waals surface area contributed by atoms with Gasteiger partial charge in [-0.25, -0.2) is 0 Å². The summed E-state index contributed by atoms with van der Waals surface area (Å²) >= 11 is 0. The Kier molecular flexibility index (Phi) is 4.08. The summed E-state index contributed by atoms with van der Waals surface area (Å²) in [5.41, 5.74) is 1.98. The van der Waals surface area contributed by atoms with Crippen molar-refractivity contribution in [1.29, 1.82) is 0 Å². The third-order valence-corrected chi connectivity index (χ3v) is 3.90. The first-order chi connectivity index (χ1) is 8.52. The highest BCUT2D eigenvalue weighted by Gasteiger charge is 2.34. The molecule has 0 spiro atoms. The van der Waals surface area contributed by atoms with Gasteiger partial charge in [0.05, 0.1) is 0 Å². The van der Waals surface area contributed by atoms with Crippen LogP contribution in [0.15, 0.2) is 30.3 Å². The first kappa shape index (κ1) is 13.6. The van der Waals surface area contributed by atoms with E-state index in [0.29, 0.717) is 5.41 Å². The summed E-state index contributed by atoms with van der Waals surface area (Å²) < 4.78 is 0. The predicted octanol–water partition coefficient (Wildman–Crippen LogP) is 2.70. The topological polar surface area (TPSA) is 24.1 Å². The second-order valence-electron chi connectivity index (χ2n) is 6.50. The molecule has 2 nitrogen and oxygen atoms in total. The molecule has 100 valence electrons. The summed E-state index contributed by atoms with van der Waals surface area (Å²) in [6, 6.07) is 11.0. The van der Waals surface area contributed by atoms with Gasteiger partial charge in [0.2, 0.25) is 0 Å². The summed E-state index contributed by atoms with van der Waals surface area (Å²) in [6.45, 7) is 10.1. The van der Waals surface area contributed by atoms with Crippen LogP contribution in [0.25, 0.3) is 0 Å². The van der Waals surface area contributed by atoms with Crippen LogP contribution in [-0.4, -0.2) is 25.2 Å². The number of hydrogen-bond donors (Lipinski definition) is 2. The van der Waals surface area contributed by atoms with Crippen molar-refractivity contribution in [2.75, 3.05) is 19.6 Å². The minimum atomic E-state index is 0.187. The van der Waals surface area contributed by atoms with Crippen molar-refractivity contribution in [3.8, 4) is 0 Å². The van der Waals surface area contributed by atoms with Crippen LogP contribution < -0.4 is 10.6 Å². The van der Waals surface area contributed by atoms with E-state index in [1.54, 1.807) is 0 Å². The van der Waals surface area contributed by atoms with Gasteiger partial charge >= 0.3 is 0 Å². The highest BCUT2D eigenvalue weighted by Crippen LogP contribution is 2.33. The van der Waals surface area contributed by atoms with Gasteiger partial charge in [-0.15, -0.1) is 0 Å². The zero-order valence-electron chi connectivity index (χ0n) is 11.9. The minimum absolute atomic E-state index is 0.187. The lowest BCUT2D eigenvalue weighted by atomic mass is 9.73. The average molecular weight is 246 g/mol. The lowest BCUT2D eigenvalue weighted by Crippen LogP contribution is -2.50. The molecule has 0 atom stereocenters. The molecule has 2 rings (SSSR count). The fourth-order valence-electron chi connectivity index (χ4n) is 2.70.